The SMILES string of the molecule is Cc1c(C(C)NCc2ccccn2)cnn1-c1ccc(F)cc1. The second-order valence-corrected chi connectivity index (χ2v) is 5.50. The van der Waals surface area contributed by atoms with E-state index in [4.69, 9.17) is 0 Å². The Bertz CT molecular complexity index is 765. The Hall–Kier alpha value is -2.53. The summed E-state index contributed by atoms with van der Waals surface area (Å²) in [4.78, 5) is 4.31. The number of pyridine rings is 1. The van der Waals surface area contributed by atoms with Gasteiger partial charge >= 0.3 is 0 Å². The van der Waals surface area contributed by atoms with Crippen LogP contribution in [-0.4, -0.2) is 14.8 Å². The number of rotatable bonds is 5. The number of hydrogen-bond donors (Lipinski definition) is 1. The molecule has 3 aromatic rings. The van der Waals surface area contributed by atoms with Crippen molar-refractivity contribution in [2.75, 3.05) is 0 Å². The zero-order valence-corrected chi connectivity index (χ0v) is 13.2. The lowest BCUT2D eigenvalue weighted by molar-refractivity contribution is 0.565. The number of aromatic nitrogens is 3. The van der Waals surface area contributed by atoms with Crippen molar-refractivity contribution in [2.45, 2.75) is 26.4 Å². The fourth-order valence-electron chi connectivity index (χ4n) is 2.56. The molecule has 0 saturated heterocycles. The third-order valence-electron chi connectivity index (χ3n) is 3.90. The first-order valence-corrected chi connectivity index (χ1v) is 7.59. The molecule has 118 valence electrons. The summed E-state index contributed by atoms with van der Waals surface area (Å²) in [6.45, 7) is 4.82. The minimum Gasteiger partial charge on any atom is -0.304 e. The summed E-state index contributed by atoms with van der Waals surface area (Å²) in [5, 5.41) is 7.88. The van der Waals surface area contributed by atoms with Crippen LogP contribution in [0.4, 0.5) is 4.39 Å². The first-order valence-electron chi connectivity index (χ1n) is 7.59. The zero-order chi connectivity index (χ0) is 16.2. The largest absolute Gasteiger partial charge is 0.304 e. The Morgan fingerprint density at radius 3 is 2.65 bits per heavy atom. The first-order chi connectivity index (χ1) is 11.1. The highest BCUT2D eigenvalue weighted by atomic mass is 19.1. The van der Waals surface area contributed by atoms with Crippen LogP contribution in [0.1, 0.15) is 29.9 Å². The molecule has 5 heteroatoms. The molecule has 2 heterocycles. The first kappa shape index (κ1) is 15.4. The molecule has 23 heavy (non-hydrogen) atoms. The Balaban J connectivity index is 1.74. The van der Waals surface area contributed by atoms with E-state index in [0.717, 1.165) is 22.6 Å². The topological polar surface area (TPSA) is 42.7 Å². The Labute approximate surface area is 135 Å². The molecule has 3 rings (SSSR count). The van der Waals surface area contributed by atoms with E-state index in [9.17, 15) is 4.39 Å². The fourth-order valence-corrected chi connectivity index (χ4v) is 2.56. The van der Waals surface area contributed by atoms with E-state index in [0.29, 0.717) is 6.54 Å². The highest BCUT2D eigenvalue weighted by Gasteiger charge is 2.14. The van der Waals surface area contributed by atoms with E-state index < -0.39 is 0 Å². The predicted octanol–water partition coefficient (Wildman–Crippen LogP) is 3.57. The molecule has 0 saturated carbocycles. The average molecular weight is 310 g/mol. The molecule has 1 unspecified atom stereocenters. The van der Waals surface area contributed by atoms with Gasteiger partial charge in [-0.3, -0.25) is 4.98 Å². The van der Waals surface area contributed by atoms with Crippen molar-refractivity contribution in [3.63, 3.8) is 0 Å². The van der Waals surface area contributed by atoms with Gasteiger partial charge < -0.3 is 5.32 Å². The molecule has 0 bridgehead atoms. The van der Waals surface area contributed by atoms with Crippen LogP contribution in [0.25, 0.3) is 5.69 Å². The highest BCUT2D eigenvalue weighted by Crippen LogP contribution is 2.20. The smallest absolute Gasteiger partial charge is 0.123 e. The van der Waals surface area contributed by atoms with Gasteiger partial charge in [-0.15, -0.1) is 0 Å². The van der Waals surface area contributed by atoms with Crippen molar-refractivity contribution in [1.29, 1.82) is 0 Å². The molecule has 1 N–H and O–H groups in total. The summed E-state index contributed by atoms with van der Waals surface area (Å²) in [7, 11) is 0. The van der Waals surface area contributed by atoms with Gasteiger partial charge in [0.05, 0.1) is 17.6 Å². The van der Waals surface area contributed by atoms with Crippen LogP contribution in [-0.2, 0) is 6.54 Å². The van der Waals surface area contributed by atoms with Crippen LogP contribution < -0.4 is 5.32 Å². The highest BCUT2D eigenvalue weighted by molar-refractivity contribution is 5.35. The van der Waals surface area contributed by atoms with Gasteiger partial charge in [0.2, 0.25) is 0 Å². The monoisotopic (exact) mass is 310 g/mol. The normalized spacial score (nSPS) is 12.3. The molecule has 0 amide bonds. The minimum atomic E-state index is -0.246. The van der Waals surface area contributed by atoms with Crippen LogP contribution in [0.2, 0.25) is 0 Å². The van der Waals surface area contributed by atoms with Crippen LogP contribution in [0, 0.1) is 12.7 Å². The van der Waals surface area contributed by atoms with E-state index in [1.54, 1.807) is 18.3 Å². The van der Waals surface area contributed by atoms with E-state index in [1.807, 2.05) is 36.0 Å². The molecule has 0 aliphatic carbocycles. The van der Waals surface area contributed by atoms with Crippen molar-refractivity contribution in [3.8, 4) is 5.69 Å². The maximum absolute atomic E-state index is 13.1. The van der Waals surface area contributed by atoms with Crippen LogP contribution in [0.5, 0.6) is 0 Å². The van der Waals surface area contributed by atoms with Crippen LogP contribution in [0.3, 0.4) is 0 Å². The van der Waals surface area contributed by atoms with E-state index in [1.165, 1.54) is 12.1 Å². The number of halogens is 1. The van der Waals surface area contributed by atoms with Gasteiger partial charge in [0.15, 0.2) is 0 Å². The third kappa shape index (κ3) is 3.46. The quantitative estimate of drug-likeness (QED) is 0.783. The second kappa shape index (κ2) is 6.71. The molecule has 2 aromatic heterocycles. The number of nitrogens with one attached hydrogen (secondary N) is 1. The molecule has 4 nitrogen and oxygen atoms in total. The Kier molecular flexibility index (Phi) is 4.48. The standard InChI is InChI=1S/C18H19FN4/c1-13(21-11-16-5-3-4-10-20-16)18-12-22-23(14(18)2)17-8-6-15(19)7-9-17/h3-10,12-13,21H,11H2,1-2H3. The minimum absolute atomic E-state index is 0.145. The fraction of sp³-hybridized carbons (Fsp3) is 0.222. The molecule has 1 aromatic carbocycles. The maximum Gasteiger partial charge on any atom is 0.123 e. The van der Waals surface area contributed by atoms with Gasteiger partial charge in [-0.05, 0) is 50.2 Å². The molecule has 0 aliphatic heterocycles. The van der Waals surface area contributed by atoms with E-state index >= 15 is 0 Å². The van der Waals surface area contributed by atoms with E-state index in [2.05, 4.69) is 22.3 Å². The van der Waals surface area contributed by atoms with Crippen molar-refractivity contribution in [3.05, 3.63) is 77.6 Å². The summed E-state index contributed by atoms with van der Waals surface area (Å²) < 4.78 is 14.9. The van der Waals surface area contributed by atoms with Crippen molar-refractivity contribution >= 4 is 0 Å². The molecule has 0 radical (unpaired) electrons. The average Bonchev–Trinajstić information content (AvgIpc) is 2.96. The molecular formula is C18H19FN4. The van der Waals surface area contributed by atoms with Crippen molar-refractivity contribution in [2.24, 2.45) is 0 Å². The van der Waals surface area contributed by atoms with Crippen LogP contribution >= 0.6 is 0 Å². The summed E-state index contributed by atoms with van der Waals surface area (Å²) in [6, 6.07) is 12.4. The van der Waals surface area contributed by atoms with Crippen molar-refractivity contribution < 1.29 is 4.39 Å². The maximum atomic E-state index is 13.1. The van der Waals surface area contributed by atoms with Crippen LogP contribution in [0.15, 0.2) is 54.9 Å². The summed E-state index contributed by atoms with van der Waals surface area (Å²) in [5.41, 5.74) is 4.01. The Morgan fingerprint density at radius 1 is 1.17 bits per heavy atom. The second-order valence-electron chi connectivity index (χ2n) is 5.50. The van der Waals surface area contributed by atoms with Gasteiger partial charge in [-0.2, -0.15) is 5.10 Å². The molecule has 0 spiro atoms. The lowest BCUT2D eigenvalue weighted by Gasteiger charge is -2.14. The van der Waals surface area contributed by atoms with Gasteiger partial charge in [0.25, 0.3) is 0 Å². The predicted molar refractivity (Wildman–Crippen MR) is 87.8 cm³/mol. The lowest BCUT2D eigenvalue weighted by Crippen LogP contribution is -2.19. The lowest BCUT2D eigenvalue weighted by atomic mass is 10.1. The Morgan fingerprint density at radius 2 is 1.96 bits per heavy atom. The van der Waals surface area contributed by atoms with Gasteiger partial charge in [-0.25, -0.2) is 9.07 Å². The number of benzene rings is 1. The number of hydrogen-bond acceptors (Lipinski definition) is 3. The van der Waals surface area contributed by atoms with Gasteiger partial charge in [-0.1, -0.05) is 6.07 Å². The summed E-state index contributed by atoms with van der Waals surface area (Å²) in [5.74, 6) is -0.246. The van der Waals surface area contributed by atoms with E-state index in [-0.39, 0.29) is 11.9 Å². The van der Waals surface area contributed by atoms with Crippen molar-refractivity contribution in [1.82, 2.24) is 20.1 Å². The van der Waals surface area contributed by atoms with Gasteiger partial charge in [0.1, 0.15) is 5.82 Å². The summed E-state index contributed by atoms with van der Waals surface area (Å²) in [6.07, 6.45) is 3.65. The zero-order valence-electron chi connectivity index (χ0n) is 13.2. The molecule has 1 atom stereocenters. The summed E-state index contributed by atoms with van der Waals surface area (Å²) >= 11 is 0. The van der Waals surface area contributed by atoms with Gasteiger partial charge in [0, 0.05) is 30.0 Å². The number of nitrogens with zero attached hydrogens (tertiary/aromatic N) is 3. The molecule has 0 fully saturated rings. The molecule has 0 aliphatic rings. The molecular weight excluding hydrogens is 291 g/mol. The third-order valence-corrected chi connectivity index (χ3v) is 3.90.